The Hall–Kier alpha value is -2.29. The molecular formula is C26H34N2O. The normalized spacial score (nSPS) is 21.1. The van der Waals surface area contributed by atoms with Crippen LogP contribution in [-0.4, -0.2) is 12.6 Å². The molecule has 1 heterocycles. The van der Waals surface area contributed by atoms with Crippen LogP contribution in [-0.2, 0) is 6.42 Å². The molecule has 1 aliphatic carbocycles. The number of anilines is 2. The fourth-order valence-electron chi connectivity index (χ4n) is 5.05. The van der Waals surface area contributed by atoms with Crippen LogP contribution in [0.15, 0.2) is 48.5 Å². The number of amides is 2. The number of hydrogen-bond acceptors (Lipinski definition) is 1. The summed E-state index contributed by atoms with van der Waals surface area (Å²) < 4.78 is 0. The van der Waals surface area contributed by atoms with Gasteiger partial charge in [0, 0.05) is 17.9 Å². The van der Waals surface area contributed by atoms with Gasteiger partial charge in [0.2, 0.25) is 0 Å². The lowest BCUT2D eigenvalue weighted by molar-refractivity contribution is 0.257. The molecule has 154 valence electrons. The molecule has 0 spiro atoms. The molecule has 3 nitrogen and oxygen atoms in total. The maximum atomic E-state index is 12.7. The molecule has 2 amide bonds. The standard InChI is InChI=1S/C26H34N2O/c1-2-3-4-7-20-10-12-21(13-11-20)22-14-16-24(17-15-22)27-26(29)28-19-18-23-8-5-6-9-25(23)28/h5-6,8-9,14-17,20-21H,2-4,7,10-13,18-19H2,1H3,(H,27,29). The second-order valence-corrected chi connectivity index (χ2v) is 8.80. The molecule has 1 saturated carbocycles. The zero-order valence-electron chi connectivity index (χ0n) is 17.7. The van der Waals surface area contributed by atoms with E-state index in [-0.39, 0.29) is 6.03 Å². The molecule has 4 rings (SSSR count). The van der Waals surface area contributed by atoms with Crippen molar-refractivity contribution in [2.24, 2.45) is 5.92 Å². The Morgan fingerprint density at radius 3 is 2.52 bits per heavy atom. The van der Waals surface area contributed by atoms with Gasteiger partial charge in [0.05, 0.1) is 0 Å². The molecule has 0 radical (unpaired) electrons. The van der Waals surface area contributed by atoms with E-state index in [0.29, 0.717) is 5.92 Å². The Morgan fingerprint density at radius 1 is 1.00 bits per heavy atom. The minimum absolute atomic E-state index is 0.0321. The average molecular weight is 391 g/mol. The summed E-state index contributed by atoms with van der Waals surface area (Å²) in [5, 5.41) is 3.08. The van der Waals surface area contributed by atoms with E-state index in [1.54, 1.807) is 0 Å². The lowest BCUT2D eigenvalue weighted by Gasteiger charge is -2.29. The van der Waals surface area contributed by atoms with Crippen LogP contribution in [0.2, 0.25) is 0 Å². The van der Waals surface area contributed by atoms with Gasteiger partial charge in [-0.2, -0.15) is 0 Å². The van der Waals surface area contributed by atoms with Crippen molar-refractivity contribution in [3.05, 3.63) is 59.7 Å². The maximum absolute atomic E-state index is 12.7. The van der Waals surface area contributed by atoms with Gasteiger partial charge in [0.15, 0.2) is 0 Å². The highest BCUT2D eigenvalue weighted by Crippen LogP contribution is 2.38. The topological polar surface area (TPSA) is 32.3 Å². The predicted molar refractivity (Wildman–Crippen MR) is 122 cm³/mol. The van der Waals surface area contributed by atoms with Gasteiger partial charge in [-0.15, -0.1) is 0 Å². The SMILES string of the molecule is CCCCCC1CCC(c2ccc(NC(=O)N3CCc4ccccc43)cc2)CC1. The van der Waals surface area contributed by atoms with Crippen LogP contribution >= 0.6 is 0 Å². The first-order valence-electron chi connectivity index (χ1n) is 11.5. The molecule has 1 fully saturated rings. The Kier molecular flexibility index (Phi) is 6.53. The molecule has 2 aliphatic rings. The highest BCUT2D eigenvalue weighted by molar-refractivity contribution is 6.03. The number of para-hydroxylation sites is 1. The molecule has 29 heavy (non-hydrogen) atoms. The Morgan fingerprint density at radius 2 is 1.76 bits per heavy atom. The summed E-state index contributed by atoms with van der Waals surface area (Å²) in [6.45, 7) is 3.04. The molecule has 3 heteroatoms. The molecule has 1 aliphatic heterocycles. The molecule has 0 atom stereocenters. The number of rotatable bonds is 6. The average Bonchev–Trinajstić information content (AvgIpc) is 3.19. The summed E-state index contributed by atoms with van der Waals surface area (Å²) >= 11 is 0. The summed E-state index contributed by atoms with van der Waals surface area (Å²) in [6, 6.07) is 16.7. The fourth-order valence-corrected chi connectivity index (χ4v) is 5.05. The molecule has 0 aromatic heterocycles. The highest BCUT2D eigenvalue weighted by atomic mass is 16.2. The summed E-state index contributed by atoms with van der Waals surface area (Å²) in [7, 11) is 0. The Balaban J connectivity index is 1.29. The molecular weight excluding hydrogens is 356 g/mol. The third kappa shape index (κ3) is 4.83. The predicted octanol–water partition coefficient (Wildman–Crippen LogP) is 7.14. The summed E-state index contributed by atoms with van der Waals surface area (Å²) in [6.07, 6.45) is 11.8. The van der Waals surface area contributed by atoms with Crippen molar-refractivity contribution in [2.45, 2.75) is 70.6 Å². The van der Waals surface area contributed by atoms with Gasteiger partial charge in [-0.05, 0) is 73.3 Å². The van der Waals surface area contributed by atoms with Crippen LogP contribution in [0.4, 0.5) is 16.2 Å². The number of hydrogen-bond donors (Lipinski definition) is 1. The second-order valence-electron chi connectivity index (χ2n) is 8.80. The van der Waals surface area contributed by atoms with Crippen LogP contribution in [0.3, 0.4) is 0 Å². The first-order chi connectivity index (χ1) is 14.2. The largest absolute Gasteiger partial charge is 0.326 e. The number of carbonyl (C=O) groups is 1. The third-order valence-corrected chi connectivity index (χ3v) is 6.83. The first-order valence-corrected chi connectivity index (χ1v) is 11.5. The van der Waals surface area contributed by atoms with Crippen molar-refractivity contribution in [3.63, 3.8) is 0 Å². The van der Waals surface area contributed by atoms with Crippen LogP contribution in [0, 0.1) is 5.92 Å². The fraction of sp³-hybridized carbons (Fsp3) is 0.500. The summed E-state index contributed by atoms with van der Waals surface area (Å²) in [4.78, 5) is 14.6. The number of nitrogens with one attached hydrogen (secondary N) is 1. The van der Waals surface area contributed by atoms with E-state index in [9.17, 15) is 4.79 Å². The first kappa shape index (κ1) is 20.0. The number of benzene rings is 2. The smallest absolute Gasteiger partial charge is 0.308 e. The van der Waals surface area contributed by atoms with E-state index in [2.05, 4.69) is 42.6 Å². The second kappa shape index (κ2) is 9.47. The van der Waals surface area contributed by atoms with Gasteiger partial charge in [-0.3, -0.25) is 4.90 Å². The van der Waals surface area contributed by atoms with E-state index in [1.165, 1.54) is 62.5 Å². The quantitative estimate of drug-likeness (QED) is 0.523. The molecule has 2 aromatic carbocycles. The number of fused-ring (bicyclic) bond motifs is 1. The van der Waals surface area contributed by atoms with Gasteiger partial charge < -0.3 is 5.32 Å². The minimum atomic E-state index is -0.0321. The number of carbonyl (C=O) groups excluding carboxylic acids is 1. The van der Waals surface area contributed by atoms with Crippen molar-refractivity contribution >= 4 is 17.4 Å². The Labute approximate surface area is 175 Å². The van der Waals surface area contributed by atoms with Crippen molar-refractivity contribution in [2.75, 3.05) is 16.8 Å². The number of urea groups is 1. The van der Waals surface area contributed by atoms with E-state index in [4.69, 9.17) is 0 Å². The lowest BCUT2D eigenvalue weighted by Crippen LogP contribution is -2.33. The maximum Gasteiger partial charge on any atom is 0.326 e. The molecule has 0 bridgehead atoms. The van der Waals surface area contributed by atoms with Gasteiger partial charge in [-0.1, -0.05) is 62.9 Å². The monoisotopic (exact) mass is 390 g/mol. The van der Waals surface area contributed by atoms with Gasteiger partial charge in [0.1, 0.15) is 0 Å². The zero-order chi connectivity index (χ0) is 20.1. The van der Waals surface area contributed by atoms with Crippen LogP contribution in [0.5, 0.6) is 0 Å². The van der Waals surface area contributed by atoms with Crippen molar-refractivity contribution in [1.82, 2.24) is 0 Å². The third-order valence-electron chi connectivity index (χ3n) is 6.83. The van der Waals surface area contributed by atoms with Crippen molar-refractivity contribution in [1.29, 1.82) is 0 Å². The summed E-state index contributed by atoms with van der Waals surface area (Å²) in [5.41, 5.74) is 4.61. The van der Waals surface area contributed by atoms with Gasteiger partial charge in [-0.25, -0.2) is 4.79 Å². The summed E-state index contributed by atoms with van der Waals surface area (Å²) in [5.74, 6) is 1.63. The van der Waals surface area contributed by atoms with Crippen molar-refractivity contribution in [3.8, 4) is 0 Å². The van der Waals surface area contributed by atoms with Gasteiger partial charge in [0.25, 0.3) is 0 Å². The van der Waals surface area contributed by atoms with Crippen LogP contribution < -0.4 is 10.2 Å². The number of nitrogens with zero attached hydrogens (tertiary/aromatic N) is 1. The Bertz CT molecular complexity index is 806. The molecule has 0 saturated heterocycles. The minimum Gasteiger partial charge on any atom is -0.308 e. The van der Waals surface area contributed by atoms with Gasteiger partial charge >= 0.3 is 6.03 Å². The van der Waals surface area contributed by atoms with E-state index >= 15 is 0 Å². The lowest BCUT2D eigenvalue weighted by atomic mass is 9.77. The van der Waals surface area contributed by atoms with E-state index in [0.717, 1.165) is 30.3 Å². The zero-order valence-corrected chi connectivity index (χ0v) is 17.7. The van der Waals surface area contributed by atoms with Crippen LogP contribution in [0.25, 0.3) is 0 Å². The van der Waals surface area contributed by atoms with E-state index in [1.807, 2.05) is 23.1 Å². The van der Waals surface area contributed by atoms with Crippen LogP contribution in [0.1, 0.15) is 75.3 Å². The highest BCUT2D eigenvalue weighted by Gasteiger charge is 2.25. The molecule has 2 aromatic rings. The van der Waals surface area contributed by atoms with E-state index < -0.39 is 0 Å². The molecule has 1 N–H and O–H groups in total. The van der Waals surface area contributed by atoms with Crippen molar-refractivity contribution < 1.29 is 4.79 Å². The molecule has 0 unspecified atom stereocenters. The number of unbranched alkanes of at least 4 members (excludes halogenated alkanes) is 2.